The lowest BCUT2D eigenvalue weighted by atomic mass is 10.0. The molecule has 3 heterocycles. The highest BCUT2D eigenvalue weighted by Gasteiger charge is 2.32. The second-order valence-electron chi connectivity index (χ2n) is 6.59. The highest BCUT2D eigenvalue weighted by molar-refractivity contribution is 7.07. The fourth-order valence-corrected chi connectivity index (χ4v) is 3.98. The first kappa shape index (κ1) is 15.3. The zero-order valence-corrected chi connectivity index (χ0v) is 14.5. The van der Waals surface area contributed by atoms with Crippen molar-refractivity contribution in [2.24, 2.45) is 5.92 Å². The van der Waals surface area contributed by atoms with Gasteiger partial charge in [0.05, 0.1) is 18.3 Å². The summed E-state index contributed by atoms with van der Waals surface area (Å²) in [7, 11) is 0. The molecule has 0 spiro atoms. The van der Waals surface area contributed by atoms with Gasteiger partial charge in [-0.2, -0.15) is 11.3 Å². The molecule has 0 aromatic carbocycles. The van der Waals surface area contributed by atoms with Gasteiger partial charge in [0.15, 0.2) is 0 Å². The van der Waals surface area contributed by atoms with E-state index in [-0.39, 0.29) is 6.04 Å². The maximum Gasteiger partial charge on any atom is 0.105 e. The van der Waals surface area contributed by atoms with E-state index in [9.17, 15) is 0 Å². The Morgan fingerprint density at radius 3 is 3.00 bits per heavy atom. The lowest BCUT2D eigenvalue weighted by Gasteiger charge is -2.34. The molecule has 2 aliphatic rings. The van der Waals surface area contributed by atoms with Crippen LogP contribution in [0.1, 0.15) is 42.8 Å². The summed E-state index contributed by atoms with van der Waals surface area (Å²) in [6.07, 6.45) is 3.69. The first-order valence-electron chi connectivity index (χ1n) is 8.60. The molecule has 4 rings (SSSR count). The van der Waals surface area contributed by atoms with E-state index in [1.54, 1.807) is 11.3 Å². The molecule has 1 fully saturated rings. The molecule has 0 amide bonds. The average molecular weight is 332 g/mol. The summed E-state index contributed by atoms with van der Waals surface area (Å²) in [6.45, 7) is 6.68. The first-order chi connectivity index (χ1) is 11.3. The third kappa shape index (κ3) is 3.34. The molecule has 0 radical (unpaired) electrons. The molecule has 1 aliphatic heterocycles. The number of thiophene rings is 1. The van der Waals surface area contributed by atoms with Gasteiger partial charge in [-0.1, -0.05) is 5.21 Å². The second kappa shape index (κ2) is 6.71. The maximum atomic E-state index is 6.03. The molecule has 5 nitrogen and oxygen atoms in total. The van der Waals surface area contributed by atoms with Gasteiger partial charge in [-0.3, -0.25) is 4.90 Å². The van der Waals surface area contributed by atoms with Crippen molar-refractivity contribution in [3.63, 3.8) is 0 Å². The second-order valence-corrected chi connectivity index (χ2v) is 7.37. The molecule has 0 N–H and O–H groups in total. The van der Waals surface area contributed by atoms with Crippen molar-refractivity contribution >= 4 is 11.3 Å². The zero-order valence-electron chi connectivity index (χ0n) is 13.6. The van der Waals surface area contributed by atoms with Crippen LogP contribution < -0.4 is 0 Å². The Bertz CT molecular complexity index is 635. The van der Waals surface area contributed by atoms with Gasteiger partial charge in [-0.25, -0.2) is 4.68 Å². The Labute approximate surface area is 141 Å². The molecule has 23 heavy (non-hydrogen) atoms. The lowest BCUT2D eigenvalue weighted by molar-refractivity contribution is 0.0425. The minimum absolute atomic E-state index is 0.234. The Balaban J connectivity index is 1.52. The summed E-state index contributed by atoms with van der Waals surface area (Å²) in [4.78, 5) is 2.51. The molecular weight excluding hydrogens is 308 g/mol. The molecule has 0 bridgehead atoms. The standard InChI is InChI=1S/C17H24N4OS/c1-2-21-15-5-7-20(9-14-6-8-23-12-14)16(17(15)18-19-21)11-22-10-13-3-4-13/h6,8,12-13,16H,2-5,7,9-11H2,1H3/t16-/m1/s1. The Morgan fingerprint density at radius 1 is 1.35 bits per heavy atom. The van der Waals surface area contributed by atoms with E-state index in [0.717, 1.165) is 50.9 Å². The summed E-state index contributed by atoms with van der Waals surface area (Å²) < 4.78 is 8.08. The van der Waals surface area contributed by atoms with E-state index in [1.807, 2.05) is 4.68 Å². The van der Waals surface area contributed by atoms with Crippen molar-refractivity contribution in [1.82, 2.24) is 19.9 Å². The van der Waals surface area contributed by atoms with E-state index in [0.29, 0.717) is 0 Å². The van der Waals surface area contributed by atoms with E-state index in [4.69, 9.17) is 4.74 Å². The maximum absolute atomic E-state index is 6.03. The van der Waals surface area contributed by atoms with Gasteiger partial charge in [0, 0.05) is 32.7 Å². The van der Waals surface area contributed by atoms with E-state index >= 15 is 0 Å². The van der Waals surface area contributed by atoms with Crippen molar-refractivity contribution in [3.05, 3.63) is 33.8 Å². The smallest absolute Gasteiger partial charge is 0.105 e. The van der Waals surface area contributed by atoms with Crippen LogP contribution in [0.2, 0.25) is 0 Å². The molecule has 0 saturated heterocycles. The van der Waals surface area contributed by atoms with Crippen molar-refractivity contribution < 1.29 is 4.74 Å². The highest BCUT2D eigenvalue weighted by Crippen LogP contribution is 2.32. The van der Waals surface area contributed by atoms with Crippen LogP contribution in [-0.4, -0.2) is 39.7 Å². The molecule has 1 saturated carbocycles. The molecular formula is C17H24N4OS. The summed E-state index contributed by atoms with van der Waals surface area (Å²) in [5, 5.41) is 13.2. The molecule has 2 aromatic rings. The van der Waals surface area contributed by atoms with E-state index in [2.05, 4.69) is 39.0 Å². The predicted octanol–water partition coefficient (Wildman–Crippen LogP) is 2.89. The van der Waals surface area contributed by atoms with Gasteiger partial charge in [-0.05, 0) is 48.1 Å². The zero-order chi connectivity index (χ0) is 15.6. The number of aromatic nitrogens is 3. The van der Waals surface area contributed by atoms with Crippen LogP contribution >= 0.6 is 11.3 Å². The van der Waals surface area contributed by atoms with Crippen molar-refractivity contribution in [1.29, 1.82) is 0 Å². The topological polar surface area (TPSA) is 43.2 Å². The molecule has 2 aromatic heterocycles. The normalized spacial score (nSPS) is 21.5. The molecule has 124 valence electrons. The van der Waals surface area contributed by atoms with Crippen LogP contribution in [0.4, 0.5) is 0 Å². The Morgan fingerprint density at radius 2 is 2.26 bits per heavy atom. The molecule has 1 atom stereocenters. The van der Waals surface area contributed by atoms with Crippen LogP contribution in [0.15, 0.2) is 16.8 Å². The van der Waals surface area contributed by atoms with Crippen molar-refractivity contribution in [2.45, 2.75) is 45.3 Å². The third-order valence-corrected chi connectivity index (χ3v) is 5.58. The first-order valence-corrected chi connectivity index (χ1v) is 9.54. The highest BCUT2D eigenvalue weighted by atomic mass is 32.1. The van der Waals surface area contributed by atoms with E-state index < -0.39 is 0 Å². The minimum Gasteiger partial charge on any atom is -0.379 e. The molecule has 0 unspecified atom stereocenters. The SMILES string of the molecule is CCn1nnc2c1CCN(Cc1ccsc1)[C@@H]2COCC1CC1. The average Bonchev–Trinajstić information content (AvgIpc) is 3.08. The fourth-order valence-electron chi connectivity index (χ4n) is 3.32. The number of hydrogen-bond acceptors (Lipinski definition) is 5. The number of nitrogens with zero attached hydrogens (tertiary/aromatic N) is 4. The number of aryl methyl sites for hydroxylation is 1. The van der Waals surface area contributed by atoms with E-state index in [1.165, 1.54) is 24.1 Å². The van der Waals surface area contributed by atoms with Gasteiger partial charge in [-0.15, -0.1) is 5.10 Å². The minimum atomic E-state index is 0.234. The van der Waals surface area contributed by atoms with Crippen molar-refractivity contribution in [2.75, 3.05) is 19.8 Å². The van der Waals surface area contributed by atoms with Gasteiger partial charge >= 0.3 is 0 Å². The number of hydrogen-bond donors (Lipinski definition) is 0. The predicted molar refractivity (Wildman–Crippen MR) is 90.4 cm³/mol. The van der Waals surface area contributed by atoms with Crippen LogP contribution in [0.5, 0.6) is 0 Å². The van der Waals surface area contributed by atoms with Crippen LogP contribution in [0, 0.1) is 5.92 Å². The Hall–Kier alpha value is -1.24. The monoisotopic (exact) mass is 332 g/mol. The number of fused-ring (bicyclic) bond motifs is 1. The summed E-state index contributed by atoms with van der Waals surface area (Å²) in [5.41, 5.74) is 3.81. The van der Waals surface area contributed by atoms with Crippen molar-refractivity contribution in [3.8, 4) is 0 Å². The van der Waals surface area contributed by atoms with Gasteiger partial charge in [0.1, 0.15) is 5.69 Å². The van der Waals surface area contributed by atoms with Gasteiger partial charge < -0.3 is 4.74 Å². The number of rotatable bonds is 7. The number of ether oxygens (including phenoxy) is 1. The largest absolute Gasteiger partial charge is 0.379 e. The molecule has 1 aliphatic carbocycles. The van der Waals surface area contributed by atoms with Crippen LogP contribution in [-0.2, 0) is 24.2 Å². The summed E-state index contributed by atoms with van der Waals surface area (Å²) >= 11 is 1.76. The van der Waals surface area contributed by atoms with Gasteiger partial charge in [0.2, 0.25) is 0 Å². The summed E-state index contributed by atoms with van der Waals surface area (Å²) in [5.74, 6) is 0.801. The van der Waals surface area contributed by atoms with Crippen LogP contribution in [0.25, 0.3) is 0 Å². The lowest BCUT2D eigenvalue weighted by Crippen LogP contribution is -2.38. The Kier molecular flexibility index (Phi) is 4.46. The molecule has 6 heteroatoms. The fraction of sp³-hybridized carbons (Fsp3) is 0.647. The third-order valence-electron chi connectivity index (χ3n) is 4.85. The van der Waals surface area contributed by atoms with Gasteiger partial charge in [0.25, 0.3) is 0 Å². The quantitative estimate of drug-likeness (QED) is 0.782. The summed E-state index contributed by atoms with van der Waals surface area (Å²) in [6, 6.07) is 2.45. The van der Waals surface area contributed by atoms with Crippen LogP contribution in [0.3, 0.4) is 0 Å².